The third-order valence-corrected chi connectivity index (χ3v) is 7.14. The number of rotatable bonds is 2. The summed E-state index contributed by atoms with van der Waals surface area (Å²) in [6, 6.07) is 7.12. The first-order valence-corrected chi connectivity index (χ1v) is 11.0. The van der Waals surface area contributed by atoms with Crippen LogP contribution in [-0.2, 0) is 12.8 Å². The number of piperazine rings is 1. The summed E-state index contributed by atoms with van der Waals surface area (Å²) in [7, 11) is 0. The average Bonchev–Trinajstić information content (AvgIpc) is 3.13. The van der Waals surface area contributed by atoms with Crippen molar-refractivity contribution in [2.75, 3.05) is 31.1 Å². The first-order chi connectivity index (χ1) is 13.7. The molecule has 5 rings (SSSR count). The number of thiophene rings is 1. The van der Waals surface area contributed by atoms with E-state index in [0.29, 0.717) is 23.7 Å². The fourth-order valence-corrected chi connectivity index (χ4v) is 5.56. The molecular formula is C21H21ClN4OS. The van der Waals surface area contributed by atoms with Gasteiger partial charge in [0.2, 0.25) is 0 Å². The highest BCUT2D eigenvalue weighted by molar-refractivity contribution is 7.19. The molecule has 0 radical (unpaired) electrons. The summed E-state index contributed by atoms with van der Waals surface area (Å²) in [6.45, 7) is 2.96. The zero-order chi connectivity index (χ0) is 19.1. The van der Waals surface area contributed by atoms with E-state index >= 15 is 0 Å². The minimum Gasteiger partial charge on any atom is -0.352 e. The van der Waals surface area contributed by atoms with Gasteiger partial charge in [-0.05, 0) is 55.5 Å². The molecule has 7 heteroatoms. The molecule has 1 saturated heterocycles. The van der Waals surface area contributed by atoms with Crippen molar-refractivity contribution in [1.29, 1.82) is 0 Å². The lowest BCUT2D eigenvalue weighted by molar-refractivity contribution is 0.0746. The van der Waals surface area contributed by atoms with Crippen LogP contribution in [0.15, 0.2) is 30.6 Å². The van der Waals surface area contributed by atoms with Gasteiger partial charge in [0.15, 0.2) is 0 Å². The summed E-state index contributed by atoms with van der Waals surface area (Å²) in [5.41, 5.74) is 2.15. The van der Waals surface area contributed by atoms with Crippen LogP contribution in [0.25, 0.3) is 10.2 Å². The molecule has 2 aliphatic rings. The summed E-state index contributed by atoms with van der Waals surface area (Å²) < 4.78 is 0. The van der Waals surface area contributed by atoms with Crippen LogP contribution in [0.5, 0.6) is 0 Å². The van der Waals surface area contributed by atoms with Gasteiger partial charge in [0.05, 0.1) is 5.39 Å². The maximum Gasteiger partial charge on any atom is 0.253 e. The van der Waals surface area contributed by atoms with Gasteiger partial charge in [-0.2, -0.15) is 0 Å². The predicted molar refractivity (Wildman–Crippen MR) is 114 cm³/mol. The molecule has 2 aromatic heterocycles. The highest BCUT2D eigenvalue weighted by Crippen LogP contribution is 2.39. The molecule has 0 saturated carbocycles. The van der Waals surface area contributed by atoms with E-state index in [9.17, 15) is 4.79 Å². The summed E-state index contributed by atoms with van der Waals surface area (Å²) >= 11 is 7.76. The first kappa shape index (κ1) is 17.9. The van der Waals surface area contributed by atoms with Crippen molar-refractivity contribution in [1.82, 2.24) is 14.9 Å². The van der Waals surface area contributed by atoms with Gasteiger partial charge in [-0.1, -0.05) is 11.6 Å². The smallest absolute Gasteiger partial charge is 0.253 e. The van der Waals surface area contributed by atoms with Gasteiger partial charge < -0.3 is 9.80 Å². The lowest BCUT2D eigenvalue weighted by atomic mass is 9.97. The molecule has 0 atom stereocenters. The molecule has 144 valence electrons. The Bertz CT molecular complexity index is 1020. The standard InChI is InChI=1S/C21H21ClN4OS/c22-15-7-5-14(6-8-15)21(27)26-11-9-25(10-12-26)19-18-16-3-1-2-4-17(16)28-20(18)24-13-23-19/h5-8,13H,1-4,9-12H2. The third kappa shape index (κ3) is 3.14. The number of halogens is 1. The van der Waals surface area contributed by atoms with E-state index in [1.54, 1.807) is 30.6 Å². The molecule has 0 spiro atoms. The molecule has 5 nitrogen and oxygen atoms in total. The minimum atomic E-state index is 0.0667. The quantitative estimate of drug-likeness (QED) is 0.633. The fraction of sp³-hybridized carbons (Fsp3) is 0.381. The number of anilines is 1. The van der Waals surface area contributed by atoms with E-state index in [-0.39, 0.29) is 5.91 Å². The highest BCUT2D eigenvalue weighted by atomic mass is 35.5. The number of hydrogen-bond acceptors (Lipinski definition) is 5. The summed E-state index contributed by atoms with van der Waals surface area (Å²) in [5, 5.41) is 1.90. The van der Waals surface area contributed by atoms with Crippen molar-refractivity contribution in [2.24, 2.45) is 0 Å². The highest BCUT2D eigenvalue weighted by Gasteiger charge is 2.26. The number of fused-ring (bicyclic) bond motifs is 3. The first-order valence-electron chi connectivity index (χ1n) is 9.76. The monoisotopic (exact) mass is 412 g/mol. The number of amides is 1. The number of carbonyl (C=O) groups is 1. The van der Waals surface area contributed by atoms with Gasteiger partial charge in [0.25, 0.3) is 5.91 Å². The van der Waals surface area contributed by atoms with Crippen molar-refractivity contribution in [3.05, 3.63) is 51.6 Å². The molecule has 1 amide bonds. The maximum atomic E-state index is 12.8. The van der Waals surface area contributed by atoms with E-state index in [1.807, 2.05) is 16.2 Å². The zero-order valence-corrected chi connectivity index (χ0v) is 17.1. The number of aryl methyl sites for hydroxylation is 2. The predicted octanol–water partition coefficient (Wildman–Crippen LogP) is 4.19. The molecule has 3 heterocycles. The molecule has 1 aliphatic heterocycles. The molecule has 0 N–H and O–H groups in total. The van der Waals surface area contributed by atoms with Crippen molar-refractivity contribution in [2.45, 2.75) is 25.7 Å². The number of hydrogen-bond donors (Lipinski definition) is 0. The second-order valence-corrected chi connectivity index (χ2v) is 8.89. The van der Waals surface area contributed by atoms with Crippen LogP contribution >= 0.6 is 22.9 Å². The van der Waals surface area contributed by atoms with E-state index < -0.39 is 0 Å². The van der Waals surface area contributed by atoms with Gasteiger partial charge in [0.1, 0.15) is 17.0 Å². The van der Waals surface area contributed by atoms with Gasteiger partial charge in [0, 0.05) is 41.6 Å². The normalized spacial score (nSPS) is 17.0. The maximum absolute atomic E-state index is 12.8. The van der Waals surface area contributed by atoms with Crippen LogP contribution in [0, 0.1) is 0 Å². The van der Waals surface area contributed by atoms with Crippen LogP contribution in [0.1, 0.15) is 33.6 Å². The van der Waals surface area contributed by atoms with Gasteiger partial charge in [-0.3, -0.25) is 4.79 Å². The number of carbonyl (C=O) groups excluding carboxylic acids is 1. The molecule has 1 aromatic carbocycles. The largest absolute Gasteiger partial charge is 0.352 e. The van der Waals surface area contributed by atoms with E-state index in [2.05, 4.69) is 14.9 Å². The Morgan fingerprint density at radius 3 is 2.54 bits per heavy atom. The lowest BCUT2D eigenvalue weighted by Gasteiger charge is -2.35. The Morgan fingerprint density at radius 2 is 1.75 bits per heavy atom. The van der Waals surface area contributed by atoms with Crippen LogP contribution < -0.4 is 4.90 Å². The van der Waals surface area contributed by atoms with Crippen molar-refractivity contribution in [3.8, 4) is 0 Å². The molecule has 1 aliphatic carbocycles. The molecule has 1 fully saturated rings. The number of aromatic nitrogens is 2. The minimum absolute atomic E-state index is 0.0667. The Balaban J connectivity index is 1.36. The second-order valence-electron chi connectivity index (χ2n) is 7.37. The van der Waals surface area contributed by atoms with Crippen LogP contribution in [-0.4, -0.2) is 47.0 Å². The summed E-state index contributed by atoms with van der Waals surface area (Å²) in [6.07, 6.45) is 6.50. The molecular weight excluding hydrogens is 392 g/mol. The topological polar surface area (TPSA) is 49.3 Å². The fourth-order valence-electron chi connectivity index (χ4n) is 4.21. The number of nitrogens with zero attached hydrogens (tertiary/aromatic N) is 4. The van der Waals surface area contributed by atoms with Crippen molar-refractivity contribution < 1.29 is 4.79 Å². The molecule has 28 heavy (non-hydrogen) atoms. The Morgan fingerprint density at radius 1 is 1.00 bits per heavy atom. The second kappa shape index (κ2) is 7.33. The van der Waals surface area contributed by atoms with Crippen molar-refractivity contribution >= 4 is 44.9 Å². The van der Waals surface area contributed by atoms with Gasteiger partial charge >= 0.3 is 0 Å². The zero-order valence-electron chi connectivity index (χ0n) is 15.5. The Hall–Kier alpha value is -2.18. The summed E-state index contributed by atoms with van der Waals surface area (Å²) in [4.78, 5) is 28.8. The molecule has 3 aromatic rings. The Kier molecular flexibility index (Phi) is 4.69. The molecule has 0 unspecified atom stereocenters. The summed E-state index contributed by atoms with van der Waals surface area (Å²) in [5.74, 6) is 1.11. The van der Waals surface area contributed by atoms with Crippen LogP contribution in [0.2, 0.25) is 5.02 Å². The number of benzene rings is 1. The van der Waals surface area contributed by atoms with E-state index in [0.717, 1.165) is 30.2 Å². The average molecular weight is 413 g/mol. The van der Waals surface area contributed by atoms with Gasteiger partial charge in [-0.15, -0.1) is 11.3 Å². The Labute approximate surface area is 173 Å². The van der Waals surface area contributed by atoms with Crippen LogP contribution in [0.3, 0.4) is 0 Å². The van der Waals surface area contributed by atoms with Gasteiger partial charge in [-0.25, -0.2) is 9.97 Å². The SMILES string of the molecule is O=C(c1ccc(Cl)cc1)N1CCN(c2ncnc3sc4c(c23)CCCC4)CC1. The van der Waals surface area contributed by atoms with Crippen LogP contribution in [0.4, 0.5) is 5.82 Å². The van der Waals surface area contributed by atoms with E-state index in [1.165, 1.54) is 35.1 Å². The van der Waals surface area contributed by atoms with Crippen molar-refractivity contribution in [3.63, 3.8) is 0 Å². The van der Waals surface area contributed by atoms with E-state index in [4.69, 9.17) is 11.6 Å². The lowest BCUT2D eigenvalue weighted by Crippen LogP contribution is -2.49. The third-order valence-electron chi connectivity index (χ3n) is 5.69. The molecule has 0 bridgehead atoms.